The van der Waals surface area contributed by atoms with Crippen molar-refractivity contribution < 1.29 is 14.3 Å². The number of aromatic nitrogens is 1. The van der Waals surface area contributed by atoms with E-state index in [-0.39, 0.29) is 18.2 Å². The zero-order chi connectivity index (χ0) is 16.2. The Morgan fingerprint density at radius 2 is 2.09 bits per heavy atom. The summed E-state index contributed by atoms with van der Waals surface area (Å²) in [6.07, 6.45) is 1.80. The van der Waals surface area contributed by atoms with Crippen molar-refractivity contribution in [2.24, 2.45) is 0 Å². The molecule has 0 aliphatic heterocycles. The molecule has 5 heteroatoms. The lowest BCUT2D eigenvalue weighted by molar-refractivity contribution is -0.146. The van der Waals surface area contributed by atoms with Crippen molar-refractivity contribution in [3.63, 3.8) is 0 Å². The van der Waals surface area contributed by atoms with E-state index in [1.165, 1.54) is 0 Å². The number of rotatable bonds is 6. The first-order valence-corrected chi connectivity index (χ1v) is 8.40. The van der Waals surface area contributed by atoms with Gasteiger partial charge in [0, 0.05) is 29.1 Å². The van der Waals surface area contributed by atoms with Crippen LogP contribution in [0.1, 0.15) is 29.3 Å². The second kappa shape index (κ2) is 6.79. The number of carbonyl (C=O) groups is 2. The highest BCUT2D eigenvalue weighted by molar-refractivity contribution is 7.07. The monoisotopic (exact) mass is 327 g/mol. The average molecular weight is 327 g/mol. The first-order chi connectivity index (χ1) is 11.1. The van der Waals surface area contributed by atoms with E-state index in [0.29, 0.717) is 12.0 Å². The summed E-state index contributed by atoms with van der Waals surface area (Å²) < 4.78 is 5.28. The highest BCUT2D eigenvalue weighted by Gasteiger charge is 2.22. The third-order valence-electron chi connectivity index (χ3n) is 3.73. The first kappa shape index (κ1) is 15.5. The normalized spacial score (nSPS) is 12.2. The maximum atomic E-state index is 12.5. The molecule has 3 aromatic rings. The van der Waals surface area contributed by atoms with Crippen LogP contribution in [-0.4, -0.2) is 22.8 Å². The first-order valence-electron chi connectivity index (χ1n) is 7.46. The third-order valence-corrected chi connectivity index (χ3v) is 4.46. The number of aromatic amines is 1. The topological polar surface area (TPSA) is 59.2 Å². The summed E-state index contributed by atoms with van der Waals surface area (Å²) in [4.78, 5) is 27.5. The molecule has 2 aromatic heterocycles. The Morgan fingerprint density at radius 1 is 1.26 bits per heavy atom. The van der Waals surface area contributed by atoms with Crippen LogP contribution in [0.4, 0.5) is 0 Å². The number of thiophene rings is 1. The Labute approximate surface area is 138 Å². The van der Waals surface area contributed by atoms with Crippen molar-refractivity contribution in [2.45, 2.75) is 25.9 Å². The number of ketones is 1. The quantitative estimate of drug-likeness (QED) is 0.550. The number of H-pyrrole nitrogens is 1. The summed E-state index contributed by atoms with van der Waals surface area (Å²) in [7, 11) is 0. The molecule has 0 spiro atoms. The van der Waals surface area contributed by atoms with Gasteiger partial charge in [-0.15, -0.1) is 0 Å². The molecule has 4 nitrogen and oxygen atoms in total. The molecule has 0 bridgehead atoms. The molecule has 23 heavy (non-hydrogen) atoms. The van der Waals surface area contributed by atoms with Crippen molar-refractivity contribution in [1.29, 1.82) is 0 Å². The number of ether oxygens (including phenoxy) is 1. The molecular weight excluding hydrogens is 310 g/mol. The minimum atomic E-state index is -0.788. The van der Waals surface area contributed by atoms with Crippen molar-refractivity contribution in [3.8, 4) is 0 Å². The molecule has 0 fully saturated rings. The van der Waals surface area contributed by atoms with Gasteiger partial charge in [0.15, 0.2) is 6.10 Å². The second-order valence-electron chi connectivity index (χ2n) is 5.38. The van der Waals surface area contributed by atoms with E-state index in [1.54, 1.807) is 24.5 Å². The number of hydrogen-bond donors (Lipinski definition) is 1. The fourth-order valence-corrected chi connectivity index (χ4v) is 3.19. The van der Waals surface area contributed by atoms with Crippen LogP contribution in [-0.2, 0) is 16.0 Å². The Morgan fingerprint density at radius 3 is 2.87 bits per heavy atom. The van der Waals surface area contributed by atoms with Gasteiger partial charge in [-0.1, -0.05) is 18.2 Å². The molecule has 1 atom stereocenters. The number of hydrogen-bond acceptors (Lipinski definition) is 4. The highest BCUT2D eigenvalue weighted by Crippen LogP contribution is 2.20. The largest absolute Gasteiger partial charge is 0.454 e. The van der Waals surface area contributed by atoms with Gasteiger partial charge >= 0.3 is 5.97 Å². The van der Waals surface area contributed by atoms with Gasteiger partial charge < -0.3 is 9.72 Å². The summed E-state index contributed by atoms with van der Waals surface area (Å²) in [5.74, 6) is -0.539. The van der Waals surface area contributed by atoms with Crippen molar-refractivity contribution >= 4 is 34.0 Å². The predicted molar refractivity (Wildman–Crippen MR) is 90.8 cm³/mol. The fraction of sp³-hybridized carbons (Fsp3) is 0.222. The van der Waals surface area contributed by atoms with Gasteiger partial charge in [-0.2, -0.15) is 11.3 Å². The maximum absolute atomic E-state index is 12.5. The second-order valence-corrected chi connectivity index (χ2v) is 6.16. The van der Waals surface area contributed by atoms with Crippen LogP contribution in [0.2, 0.25) is 0 Å². The van der Waals surface area contributed by atoms with E-state index in [1.807, 2.05) is 41.1 Å². The van der Waals surface area contributed by atoms with E-state index >= 15 is 0 Å². The molecule has 0 unspecified atom stereocenters. The van der Waals surface area contributed by atoms with E-state index < -0.39 is 6.10 Å². The zero-order valence-corrected chi connectivity index (χ0v) is 13.6. The summed E-state index contributed by atoms with van der Waals surface area (Å²) in [6.45, 7) is 1.62. The van der Waals surface area contributed by atoms with E-state index in [4.69, 9.17) is 4.74 Å². The van der Waals surface area contributed by atoms with Crippen molar-refractivity contribution in [1.82, 2.24) is 4.98 Å². The Bertz CT molecular complexity index is 820. The van der Waals surface area contributed by atoms with Gasteiger partial charge in [0.05, 0.1) is 0 Å². The van der Waals surface area contributed by atoms with Crippen LogP contribution in [0.3, 0.4) is 0 Å². The molecule has 118 valence electrons. The number of fused-ring (bicyclic) bond motifs is 1. The van der Waals surface area contributed by atoms with Gasteiger partial charge in [-0.05, 0) is 41.8 Å². The molecular formula is C18H17NO3S. The summed E-state index contributed by atoms with van der Waals surface area (Å²) in [5, 5.41) is 4.83. The number of para-hydroxylation sites is 1. The lowest BCUT2D eigenvalue weighted by atomic mass is 10.1. The number of nitrogens with one attached hydrogen (secondary N) is 1. The standard InChI is InChI=1S/C18H17NO3S/c1-12(22-17(20)7-6-13-8-9-23-11-13)18(21)15-10-19-16-5-3-2-4-14(15)16/h2-5,8-12,19H,6-7H2,1H3/t12-/m1/s1. The van der Waals surface area contributed by atoms with Gasteiger partial charge in [-0.25, -0.2) is 0 Å². The number of Topliss-reactive ketones (excluding diaryl/α,β-unsaturated/α-hetero) is 1. The molecule has 1 N–H and O–H groups in total. The lowest BCUT2D eigenvalue weighted by Crippen LogP contribution is -2.24. The summed E-state index contributed by atoms with van der Waals surface area (Å²) >= 11 is 1.60. The fourth-order valence-electron chi connectivity index (χ4n) is 2.49. The van der Waals surface area contributed by atoms with Gasteiger partial charge in [0.1, 0.15) is 0 Å². The maximum Gasteiger partial charge on any atom is 0.306 e. The van der Waals surface area contributed by atoms with Crippen molar-refractivity contribution in [3.05, 3.63) is 58.4 Å². The van der Waals surface area contributed by atoms with Crippen LogP contribution in [0.5, 0.6) is 0 Å². The third kappa shape index (κ3) is 3.51. The predicted octanol–water partition coefficient (Wildman–Crippen LogP) is 3.98. The molecule has 0 amide bonds. The molecule has 0 aliphatic rings. The van der Waals surface area contributed by atoms with Gasteiger partial charge in [-0.3, -0.25) is 9.59 Å². The van der Waals surface area contributed by atoms with Gasteiger partial charge in [0.25, 0.3) is 0 Å². The van der Waals surface area contributed by atoms with Crippen molar-refractivity contribution in [2.75, 3.05) is 0 Å². The van der Waals surface area contributed by atoms with Crippen LogP contribution >= 0.6 is 11.3 Å². The van der Waals surface area contributed by atoms with E-state index in [9.17, 15) is 9.59 Å². The minimum Gasteiger partial charge on any atom is -0.454 e. The molecule has 0 aliphatic carbocycles. The van der Waals surface area contributed by atoms with Crippen LogP contribution < -0.4 is 0 Å². The number of aryl methyl sites for hydroxylation is 1. The molecule has 3 rings (SSSR count). The Hall–Kier alpha value is -2.40. The number of esters is 1. The lowest BCUT2D eigenvalue weighted by Gasteiger charge is -2.11. The van der Waals surface area contributed by atoms with Gasteiger partial charge in [0.2, 0.25) is 5.78 Å². The molecule has 0 saturated carbocycles. The van der Waals surface area contributed by atoms with Crippen LogP contribution in [0.25, 0.3) is 10.9 Å². The van der Waals surface area contributed by atoms with E-state index in [2.05, 4.69) is 4.98 Å². The smallest absolute Gasteiger partial charge is 0.306 e. The Balaban J connectivity index is 1.62. The highest BCUT2D eigenvalue weighted by atomic mass is 32.1. The molecule has 2 heterocycles. The molecule has 1 aromatic carbocycles. The summed E-state index contributed by atoms with van der Waals surface area (Å²) in [6, 6.07) is 9.55. The SMILES string of the molecule is C[C@@H](OC(=O)CCc1ccsc1)C(=O)c1c[nH]c2ccccc12. The van der Waals surface area contributed by atoms with Crippen LogP contribution in [0.15, 0.2) is 47.3 Å². The summed E-state index contributed by atoms with van der Waals surface area (Å²) in [5.41, 5.74) is 2.56. The van der Waals surface area contributed by atoms with Crippen LogP contribution in [0, 0.1) is 0 Å². The minimum absolute atomic E-state index is 0.189. The molecule has 0 radical (unpaired) electrons. The number of benzene rings is 1. The number of carbonyl (C=O) groups excluding carboxylic acids is 2. The molecule has 0 saturated heterocycles. The Kier molecular flexibility index (Phi) is 4.57. The zero-order valence-electron chi connectivity index (χ0n) is 12.7. The van der Waals surface area contributed by atoms with E-state index in [0.717, 1.165) is 16.5 Å². The average Bonchev–Trinajstić information content (AvgIpc) is 3.21.